The van der Waals surface area contributed by atoms with E-state index in [9.17, 15) is 0 Å². The van der Waals surface area contributed by atoms with Gasteiger partial charge in [-0.2, -0.15) is 0 Å². The van der Waals surface area contributed by atoms with Gasteiger partial charge in [-0.05, 0) is 43.4 Å². The highest BCUT2D eigenvalue weighted by molar-refractivity contribution is 4.88. The summed E-state index contributed by atoms with van der Waals surface area (Å²) in [5, 5.41) is 0. The second kappa shape index (κ2) is 4.00. The van der Waals surface area contributed by atoms with Gasteiger partial charge in [0.1, 0.15) is 0 Å². The quantitative estimate of drug-likeness (QED) is 0.637. The third-order valence-electron chi connectivity index (χ3n) is 4.29. The van der Waals surface area contributed by atoms with Crippen molar-refractivity contribution in [1.82, 2.24) is 0 Å². The smallest absolute Gasteiger partial charge is 0.0576 e. The van der Waals surface area contributed by atoms with Crippen LogP contribution >= 0.6 is 0 Å². The summed E-state index contributed by atoms with van der Waals surface area (Å²) in [6.07, 6.45) is 9.11. The highest BCUT2D eigenvalue weighted by atomic mass is 16.5. The van der Waals surface area contributed by atoms with Crippen LogP contribution in [-0.4, -0.2) is 13.2 Å². The summed E-state index contributed by atoms with van der Waals surface area (Å²) in [7, 11) is 1.87. The molecule has 0 N–H and O–H groups in total. The Morgan fingerprint density at radius 2 is 1.85 bits per heavy atom. The predicted octanol–water partition coefficient (Wildman–Crippen LogP) is 3.24. The molecular weight excluding hydrogens is 160 g/mol. The van der Waals surface area contributed by atoms with Gasteiger partial charge in [-0.1, -0.05) is 19.8 Å². The zero-order chi connectivity index (χ0) is 9.26. The molecule has 0 aliphatic heterocycles. The molecule has 0 saturated heterocycles. The summed E-state index contributed by atoms with van der Waals surface area (Å²) in [5.41, 5.74) is 0. The van der Waals surface area contributed by atoms with Crippen molar-refractivity contribution in [3.8, 4) is 0 Å². The van der Waals surface area contributed by atoms with Crippen molar-refractivity contribution >= 4 is 0 Å². The van der Waals surface area contributed by atoms with E-state index in [1.807, 2.05) is 7.11 Å². The molecule has 0 bridgehead atoms. The standard InChI is InChI=1S/C12H22O/c1-3-9-4-5-10-7-12(13-2)8-11(10)6-9/h9-12H,3-8H2,1-2H3. The molecule has 2 rings (SSSR count). The lowest BCUT2D eigenvalue weighted by Crippen LogP contribution is -2.19. The molecule has 1 nitrogen and oxygen atoms in total. The molecule has 0 heterocycles. The first-order chi connectivity index (χ1) is 6.33. The molecule has 2 fully saturated rings. The van der Waals surface area contributed by atoms with E-state index in [1.54, 1.807) is 0 Å². The maximum absolute atomic E-state index is 5.47. The molecule has 0 radical (unpaired) electrons. The maximum Gasteiger partial charge on any atom is 0.0576 e. The van der Waals surface area contributed by atoms with Gasteiger partial charge in [0.25, 0.3) is 0 Å². The lowest BCUT2D eigenvalue weighted by Gasteiger charge is -2.30. The van der Waals surface area contributed by atoms with Crippen molar-refractivity contribution in [3.63, 3.8) is 0 Å². The third-order valence-corrected chi connectivity index (χ3v) is 4.29. The molecule has 0 aromatic carbocycles. The maximum atomic E-state index is 5.47. The van der Waals surface area contributed by atoms with Crippen LogP contribution in [0.3, 0.4) is 0 Å². The largest absolute Gasteiger partial charge is 0.381 e. The molecule has 0 spiro atoms. The van der Waals surface area contributed by atoms with Crippen LogP contribution in [0.15, 0.2) is 0 Å². The van der Waals surface area contributed by atoms with Gasteiger partial charge in [0.15, 0.2) is 0 Å². The van der Waals surface area contributed by atoms with Crippen molar-refractivity contribution in [2.75, 3.05) is 7.11 Å². The average molecular weight is 182 g/mol. The molecule has 2 aliphatic carbocycles. The summed E-state index contributed by atoms with van der Waals surface area (Å²) in [5.74, 6) is 3.04. The third kappa shape index (κ3) is 1.90. The van der Waals surface area contributed by atoms with Crippen molar-refractivity contribution in [3.05, 3.63) is 0 Å². The van der Waals surface area contributed by atoms with Crippen molar-refractivity contribution in [2.24, 2.45) is 17.8 Å². The SMILES string of the molecule is CCC1CCC2CC(OC)CC2C1. The van der Waals surface area contributed by atoms with Crippen LogP contribution in [0.5, 0.6) is 0 Å². The zero-order valence-corrected chi connectivity index (χ0v) is 8.96. The van der Waals surface area contributed by atoms with Gasteiger partial charge in [-0.25, -0.2) is 0 Å². The Kier molecular flexibility index (Phi) is 2.92. The predicted molar refractivity (Wildman–Crippen MR) is 54.6 cm³/mol. The Bertz CT molecular complexity index is 165. The first-order valence-electron chi connectivity index (χ1n) is 5.86. The van der Waals surface area contributed by atoms with Crippen molar-refractivity contribution in [2.45, 2.75) is 51.6 Å². The van der Waals surface area contributed by atoms with Gasteiger partial charge in [0.2, 0.25) is 0 Å². The van der Waals surface area contributed by atoms with Gasteiger partial charge in [-0.3, -0.25) is 0 Å². The Morgan fingerprint density at radius 3 is 2.54 bits per heavy atom. The highest BCUT2D eigenvalue weighted by Crippen LogP contribution is 2.45. The fourth-order valence-electron chi connectivity index (χ4n) is 3.36. The molecule has 2 aliphatic rings. The lowest BCUT2D eigenvalue weighted by atomic mass is 9.75. The van der Waals surface area contributed by atoms with E-state index < -0.39 is 0 Å². The molecule has 4 atom stereocenters. The van der Waals surface area contributed by atoms with Crippen molar-refractivity contribution in [1.29, 1.82) is 0 Å². The van der Waals surface area contributed by atoms with E-state index in [-0.39, 0.29) is 0 Å². The van der Waals surface area contributed by atoms with Gasteiger partial charge >= 0.3 is 0 Å². The number of rotatable bonds is 2. The summed E-state index contributed by atoms with van der Waals surface area (Å²) >= 11 is 0. The lowest BCUT2D eigenvalue weighted by molar-refractivity contribution is 0.103. The van der Waals surface area contributed by atoms with E-state index in [1.165, 1.54) is 38.5 Å². The molecule has 4 unspecified atom stereocenters. The highest BCUT2D eigenvalue weighted by Gasteiger charge is 2.37. The monoisotopic (exact) mass is 182 g/mol. The minimum Gasteiger partial charge on any atom is -0.381 e. The molecule has 2 saturated carbocycles. The van der Waals surface area contributed by atoms with Crippen LogP contribution in [0.2, 0.25) is 0 Å². The van der Waals surface area contributed by atoms with Gasteiger partial charge < -0.3 is 4.74 Å². The minimum atomic E-state index is 0.589. The van der Waals surface area contributed by atoms with E-state index >= 15 is 0 Å². The molecule has 13 heavy (non-hydrogen) atoms. The number of ether oxygens (including phenoxy) is 1. The Morgan fingerprint density at radius 1 is 1.08 bits per heavy atom. The normalized spacial score (nSPS) is 44.8. The average Bonchev–Trinajstić information content (AvgIpc) is 2.58. The van der Waals surface area contributed by atoms with Crippen LogP contribution in [0.25, 0.3) is 0 Å². The fraction of sp³-hybridized carbons (Fsp3) is 1.00. The second-order valence-electron chi connectivity index (χ2n) is 4.94. The summed E-state index contributed by atoms with van der Waals surface area (Å²) in [6.45, 7) is 2.34. The summed E-state index contributed by atoms with van der Waals surface area (Å²) < 4.78 is 5.47. The van der Waals surface area contributed by atoms with E-state index in [0.29, 0.717) is 6.10 Å². The van der Waals surface area contributed by atoms with Crippen molar-refractivity contribution < 1.29 is 4.74 Å². The van der Waals surface area contributed by atoms with E-state index in [2.05, 4.69) is 6.92 Å². The van der Waals surface area contributed by atoms with Crippen LogP contribution < -0.4 is 0 Å². The fourth-order valence-corrected chi connectivity index (χ4v) is 3.36. The number of fused-ring (bicyclic) bond motifs is 1. The Labute approximate surface area is 81.9 Å². The van der Waals surface area contributed by atoms with E-state index in [4.69, 9.17) is 4.74 Å². The van der Waals surface area contributed by atoms with Crippen LogP contribution in [0, 0.1) is 17.8 Å². The van der Waals surface area contributed by atoms with Crippen LogP contribution in [0.4, 0.5) is 0 Å². The first-order valence-corrected chi connectivity index (χ1v) is 5.86. The van der Waals surface area contributed by atoms with Gasteiger partial charge in [-0.15, -0.1) is 0 Å². The zero-order valence-electron chi connectivity index (χ0n) is 8.96. The van der Waals surface area contributed by atoms with Crippen LogP contribution in [0.1, 0.15) is 45.4 Å². The molecule has 0 aromatic rings. The first kappa shape index (κ1) is 9.51. The minimum absolute atomic E-state index is 0.589. The Hall–Kier alpha value is -0.0400. The Balaban J connectivity index is 1.90. The van der Waals surface area contributed by atoms with E-state index in [0.717, 1.165) is 17.8 Å². The molecular formula is C12H22O. The topological polar surface area (TPSA) is 9.23 Å². The number of methoxy groups -OCH3 is 1. The van der Waals surface area contributed by atoms with Crippen LogP contribution in [-0.2, 0) is 4.74 Å². The second-order valence-corrected chi connectivity index (χ2v) is 4.94. The van der Waals surface area contributed by atoms with Gasteiger partial charge in [0.05, 0.1) is 6.10 Å². The van der Waals surface area contributed by atoms with Gasteiger partial charge in [0, 0.05) is 7.11 Å². The molecule has 1 heteroatoms. The number of hydrogen-bond acceptors (Lipinski definition) is 1. The number of hydrogen-bond donors (Lipinski definition) is 0. The summed E-state index contributed by atoms with van der Waals surface area (Å²) in [4.78, 5) is 0. The summed E-state index contributed by atoms with van der Waals surface area (Å²) in [6, 6.07) is 0. The molecule has 76 valence electrons. The molecule has 0 aromatic heterocycles. The molecule has 0 amide bonds.